The van der Waals surface area contributed by atoms with Gasteiger partial charge in [0.1, 0.15) is 5.75 Å². The molecule has 0 aromatic heterocycles. The lowest BCUT2D eigenvalue weighted by atomic mass is 10.1. The largest absolute Gasteiger partial charge is 0.497 e. The van der Waals surface area contributed by atoms with Crippen LogP contribution in [0.3, 0.4) is 0 Å². The van der Waals surface area contributed by atoms with E-state index in [9.17, 15) is 13.2 Å². The quantitative estimate of drug-likeness (QED) is 0.320. The monoisotopic (exact) mass is 416 g/mol. The van der Waals surface area contributed by atoms with Gasteiger partial charge in [0.15, 0.2) is 0 Å². The Kier molecular flexibility index (Phi) is 8.81. The van der Waals surface area contributed by atoms with Crippen molar-refractivity contribution in [3.63, 3.8) is 0 Å². The molecule has 2 aromatic rings. The maximum atomic E-state index is 12.5. The third-order valence-corrected chi connectivity index (χ3v) is 6.32. The maximum absolute atomic E-state index is 12.5. The molecule has 140 valence electrons. The molecule has 0 saturated carbocycles. The summed E-state index contributed by atoms with van der Waals surface area (Å²) < 4.78 is 42.6. The summed E-state index contributed by atoms with van der Waals surface area (Å²) in [4.78, 5) is 0. The molecular weight excluding hydrogens is 397 g/mol. The lowest BCUT2D eigenvalue weighted by Crippen LogP contribution is -2.04. The molecular formula is C19H19F3OS3. The number of methoxy groups -OCH3 is 1. The van der Waals surface area contributed by atoms with E-state index in [1.165, 1.54) is 5.56 Å². The first-order chi connectivity index (χ1) is 12.5. The fourth-order valence-corrected chi connectivity index (χ4v) is 4.61. The lowest BCUT2D eigenvalue weighted by Gasteiger charge is -2.07. The van der Waals surface area contributed by atoms with Crippen LogP contribution in [0.5, 0.6) is 5.75 Å². The van der Waals surface area contributed by atoms with Crippen LogP contribution in [0.2, 0.25) is 0 Å². The molecule has 0 unspecified atom stereocenters. The SMILES string of the molecule is COc1ccc(CSSC=CCSCc2ccc(C(F)(F)F)cc2)cc1. The number of hydrogen-bond donors (Lipinski definition) is 0. The molecule has 7 heteroatoms. The first kappa shape index (κ1) is 21.1. The molecule has 0 amide bonds. The summed E-state index contributed by atoms with van der Waals surface area (Å²) in [6.07, 6.45) is -2.20. The molecule has 0 spiro atoms. The standard InChI is InChI=1S/C19H19F3OS3/c1-23-18-9-5-16(6-10-18)14-26-25-12-2-11-24-13-15-3-7-17(8-4-15)19(20,21)22/h2-10,12H,11,13-14H2,1H3. The van der Waals surface area contributed by atoms with E-state index >= 15 is 0 Å². The van der Waals surface area contributed by atoms with Gasteiger partial charge in [0.05, 0.1) is 12.7 Å². The summed E-state index contributed by atoms with van der Waals surface area (Å²) in [6, 6.07) is 13.4. The van der Waals surface area contributed by atoms with Gasteiger partial charge in [-0.1, -0.05) is 51.9 Å². The second-order valence-electron chi connectivity index (χ2n) is 5.29. The minimum absolute atomic E-state index is 0.601. The molecule has 0 bridgehead atoms. The molecule has 26 heavy (non-hydrogen) atoms. The molecule has 0 radical (unpaired) electrons. The average molecular weight is 417 g/mol. The number of thioether (sulfide) groups is 1. The van der Waals surface area contributed by atoms with Gasteiger partial charge in [0, 0.05) is 17.3 Å². The van der Waals surface area contributed by atoms with Gasteiger partial charge in [-0.05, 0) is 40.8 Å². The fourth-order valence-electron chi connectivity index (χ4n) is 1.98. The molecule has 0 atom stereocenters. The van der Waals surface area contributed by atoms with E-state index in [0.29, 0.717) is 5.75 Å². The Hall–Kier alpha value is -1.18. The van der Waals surface area contributed by atoms with Crippen LogP contribution in [0.15, 0.2) is 60.0 Å². The molecule has 1 nitrogen and oxygen atoms in total. The predicted molar refractivity (Wildman–Crippen MR) is 109 cm³/mol. The van der Waals surface area contributed by atoms with Gasteiger partial charge in [-0.15, -0.1) is 0 Å². The van der Waals surface area contributed by atoms with Crippen molar-refractivity contribution in [3.8, 4) is 5.75 Å². The van der Waals surface area contributed by atoms with Gasteiger partial charge in [0.25, 0.3) is 0 Å². The Bertz CT molecular complexity index is 683. The van der Waals surface area contributed by atoms with E-state index < -0.39 is 11.7 Å². The van der Waals surface area contributed by atoms with Crippen LogP contribution in [0.25, 0.3) is 0 Å². The van der Waals surface area contributed by atoms with Gasteiger partial charge >= 0.3 is 6.18 Å². The van der Waals surface area contributed by atoms with Crippen molar-refractivity contribution < 1.29 is 17.9 Å². The molecule has 0 aliphatic heterocycles. The summed E-state index contributed by atoms with van der Waals surface area (Å²) in [7, 11) is 5.08. The Balaban J connectivity index is 1.59. The zero-order valence-electron chi connectivity index (χ0n) is 14.2. The van der Waals surface area contributed by atoms with E-state index in [0.717, 1.165) is 35.0 Å². The second-order valence-corrected chi connectivity index (χ2v) is 8.59. The molecule has 0 aliphatic rings. The number of halogens is 3. The lowest BCUT2D eigenvalue weighted by molar-refractivity contribution is -0.137. The normalized spacial score (nSPS) is 11.8. The van der Waals surface area contributed by atoms with Gasteiger partial charge in [-0.2, -0.15) is 24.9 Å². The van der Waals surface area contributed by atoms with E-state index in [1.807, 2.05) is 17.5 Å². The molecule has 0 N–H and O–H groups in total. The number of benzene rings is 2. The van der Waals surface area contributed by atoms with E-state index in [2.05, 4.69) is 18.2 Å². The van der Waals surface area contributed by atoms with E-state index in [-0.39, 0.29) is 0 Å². The number of ether oxygens (including phenoxy) is 1. The molecule has 0 saturated heterocycles. The summed E-state index contributed by atoms with van der Waals surface area (Å²) in [6.45, 7) is 0. The highest BCUT2D eigenvalue weighted by Gasteiger charge is 2.29. The van der Waals surface area contributed by atoms with Gasteiger partial charge in [-0.25, -0.2) is 0 Å². The zero-order chi connectivity index (χ0) is 18.8. The zero-order valence-corrected chi connectivity index (χ0v) is 16.6. The summed E-state index contributed by atoms with van der Waals surface area (Å²) >= 11 is 1.67. The highest BCUT2D eigenvalue weighted by molar-refractivity contribution is 8.77. The summed E-state index contributed by atoms with van der Waals surface area (Å²) in [5.74, 6) is 3.30. The van der Waals surface area contributed by atoms with Crippen molar-refractivity contribution in [1.29, 1.82) is 0 Å². The minimum Gasteiger partial charge on any atom is -0.497 e. The number of alkyl halides is 3. The van der Waals surface area contributed by atoms with Crippen molar-refractivity contribution >= 4 is 33.3 Å². The highest BCUT2D eigenvalue weighted by Crippen LogP contribution is 2.30. The summed E-state index contributed by atoms with van der Waals surface area (Å²) in [5.41, 5.74) is 1.54. The maximum Gasteiger partial charge on any atom is 0.416 e. The van der Waals surface area contributed by atoms with Gasteiger partial charge in [-0.3, -0.25) is 0 Å². The first-order valence-corrected chi connectivity index (χ1v) is 11.3. The van der Waals surface area contributed by atoms with Crippen LogP contribution < -0.4 is 4.74 Å². The highest BCUT2D eigenvalue weighted by atomic mass is 33.1. The van der Waals surface area contributed by atoms with E-state index in [1.54, 1.807) is 52.6 Å². The predicted octanol–water partition coefficient (Wildman–Crippen LogP) is 7.04. The van der Waals surface area contributed by atoms with Crippen LogP contribution in [0, 0.1) is 0 Å². The van der Waals surface area contributed by atoms with Crippen molar-refractivity contribution in [2.75, 3.05) is 12.9 Å². The van der Waals surface area contributed by atoms with Gasteiger partial charge < -0.3 is 4.74 Å². The number of hydrogen-bond acceptors (Lipinski definition) is 4. The average Bonchev–Trinajstić information content (AvgIpc) is 2.64. The second kappa shape index (κ2) is 10.8. The molecule has 2 rings (SSSR count). The molecule has 0 aliphatic carbocycles. The Labute approximate surface area is 164 Å². The third-order valence-electron chi connectivity index (χ3n) is 3.37. The van der Waals surface area contributed by atoms with Gasteiger partial charge in [0.2, 0.25) is 0 Å². The Morgan fingerprint density at radius 2 is 1.54 bits per heavy atom. The van der Waals surface area contributed by atoms with E-state index in [4.69, 9.17) is 4.74 Å². The van der Waals surface area contributed by atoms with Crippen LogP contribution in [-0.4, -0.2) is 12.9 Å². The number of rotatable bonds is 9. The topological polar surface area (TPSA) is 9.23 Å². The minimum atomic E-state index is -4.27. The Morgan fingerprint density at radius 3 is 2.15 bits per heavy atom. The van der Waals surface area contributed by atoms with Crippen LogP contribution in [0.1, 0.15) is 16.7 Å². The van der Waals surface area contributed by atoms with Crippen molar-refractivity contribution in [1.82, 2.24) is 0 Å². The van der Waals surface area contributed by atoms with Crippen molar-refractivity contribution in [3.05, 3.63) is 76.7 Å². The molecule has 0 heterocycles. The van der Waals surface area contributed by atoms with Crippen LogP contribution in [0.4, 0.5) is 13.2 Å². The summed E-state index contributed by atoms with van der Waals surface area (Å²) in [5, 5.41) is 2.05. The third kappa shape index (κ3) is 7.60. The fraction of sp³-hybridized carbons (Fsp3) is 0.263. The smallest absolute Gasteiger partial charge is 0.416 e. The first-order valence-electron chi connectivity index (χ1n) is 7.79. The molecule has 2 aromatic carbocycles. The van der Waals surface area contributed by atoms with Crippen molar-refractivity contribution in [2.24, 2.45) is 0 Å². The van der Waals surface area contributed by atoms with Crippen LogP contribution >= 0.6 is 33.3 Å². The molecule has 0 fully saturated rings. The Morgan fingerprint density at radius 1 is 0.923 bits per heavy atom. The van der Waals surface area contributed by atoms with Crippen LogP contribution in [-0.2, 0) is 17.7 Å². The van der Waals surface area contributed by atoms with Crippen molar-refractivity contribution in [2.45, 2.75) is 17.7 Å².